The minimum Gasteiger partial charge on any atom is -0.345 e. The van der Waals surface area contributed by atoms with E-state index in [9.17, 15) is 18.0 Å². The van der Waals surface area contributed by atoms with E-state index in [1.54, 1.807) is 12.1 Å². The average molecular weight is 455 g/mol. The number of amides is 2. The first-order valence-electron chi connectivity index (χ1n) is 10.1. The molecular formula is C22H22N4O5S. The summed E-state index contributed by atoms with van der Waals surface area (Å²) in [4.78, 5) is 29.3. The number of carbonyl (C=O) groups is 2. The lowest BCUT2D eigenvalue weighted by Gasteiger charge is -2.23. The number of nitrogens with zero attached hydrogens (tertiary/aromatic N) is 3. The van der Waals surface area contributed by atoms with Gasteiger partial charge in [0, 0.05) is 12.0 Å². The number of hydrogen-bond acceptors (Lipinski definition) is 7. The number of sulfonamides is 1. The van der Waals surface area contributed by atoms with Crippen LogP contribution < -0.4 is 5.32 Å². The van der Waals surface area contributed by atoms with Gasteiger partial charge in [-0.15, -0.1) is 0 Å². The standard InChI is InChI=1S/C22H22N4O5S/c1-14-3-7-16(8-4-14)21-24-19(31-25-21)13-23-22(28)18-11-12-20(27)26(18)32(29,30)17-9-5-15(2)6-10-17/h3-10,18H,11-13H2,1-2H3,(H,23,28)/t18-/m1/s1. The van der Waals surface area contributed by atoms with Crippen molar-refractivity contribution < 1.29 is 22.5 Å². The zero-order chi connectivity index (χ0) is 22.9. The molecule has 2 aromatic carbocycles. The molecule has 1 saturated heterocycles. The minimum atomic E-state index is -4.15. The van der Waals surface area contributed by atoms with E-state index in [2.05, 4.69) is 15.5 Å². The third-order valence-corrected chi connectivity index (χ3v) is 7.08. The quantitative estimate of drug-likeness (QED) is 0.606. The van der Waals surface area contributed by atoms with Crippen LogP contribution in [0.2, 0.25) is 0 Å². The van der Waals surface area contributed by atoms with Crippen LogP contribution in [0, 0.1) is 13.8 Å². The first-order chi connectivity index (χ1) is 15.3. The van der Waals surface area contributed by atoms with Gasteiger partial charge in [-0.05, 0) is 32.4 Å². The molecule has 1 aliphatic heterocycles. The van der Waals surface area contributed by atoms with E-state index in [4.69, 9.17) is 4.52 Å². The molecule has 2 amide bonds. The molecule has 4 rings (SSSR count). The third kappa shape index (κ3) is 4.26. The Morgan fingerprint density at radius 3 is 2.38 bits per heavy atom. The first kappa shape index (κ1) is 21.7. The van der Waals surface area contributed by atoms with Crippen LogP contribution in [0.25, 0.3) is 11.4 Å². The van der Waals surface area contributed by atoms with Crippen LogP contribution in [0.4, 0.5) is 0 Å². The highest BCUT2D eigenvalue weighted by atomic mass is 32.2. The largest absolute Gasteiger partial charge is 0.345 e. The minimum absolute atomic E-state index is 0.0265. The molecule has 0 radical (unpaired) electrons. The van der Waals surface area contributed by atoms with Gasteiger partial charge in [0.2, 0.25) is 23.5 Å². The topological polar surface area (TPSA) is 122 Å². The maximum Gasteiger partial charge on any atom is 0.267 e. The molecule has 0 unspecified atom stereocenters. The second kappa shape index (κ2) is 8.54. The van der Waals surface area contributed by atoms with Crippen LogP contribution >= 0.6 is 0 Å². The normalized spacial score (nSPS) is 16.4. The van der Waals surface area contributed by atoms with Gasteiger partial charge in [0.15, 0.2) is 0 Å². The number of aromatic nitrogens is 2. The van der Waals surface area contributed by atoms with Crippen molar-refractivity contribution in [3.05, 3.63) is 65.5 Å². The summed E-state index contributed by atoms with van der Waals surface area (Å²) in [7, 11) is -4.15. The molecule has 2 heterocycles. The van der Waals surface area contributed by atoms with Crippen LogP contribution in [0.3, 0.4) is 0 Å². The van der Waals surface area contributed by atoms with Gasteiger partial charge in [-0.2, -0.15) is 4.98 Å². The summed E-state index contributed by atoms with van der Waals surface area (Å²) in [6.45, 7) is 3.72. The van der Waals surface area contributed by atoms with Crippen molar-refractivity contribution in [2.24, 2.45) is 0 Å². The molecule has 3 aromatic rings. The third-order valence-electron chi connectivity index (χ3n) is 5.23. The monoisotopic (exact) mass is 454 g/mol. The Morgan fingerprint density at radius 2 is 1.72 bits per heavy atom. The van der Waals surface area contributed by atoms with Crippen LogP contribution in [0.15, 0.2) is 57.9 Å². The smallest absolute Gasteiger partial charge is 0.267 e. The zero-order valence-electron chi connectivity index (χ0n) is 17.6. The molecule has 1 fully saturated rings. The van der Waals surface area contributed by atoms with Crippen LogP contribution in [0.5, 0.6) is 0 Å². The van der Waals surface area contributed by atoms with Crippen molar-refractivity contribution in [1.29, 1.82) is 0 Å². The second-order valence-corrected chi connectivity index (χ2v) is 9.47. The Bertz CT molecular complexity index is 1250. The molecular weight excluding hydrogens is 432 g/mol. The molecule has 9 nitrogen and oxygen atoms in total. The van der Waals surface area contributed by atoms with Gasteiger partial charge in [0.1, 0.15) is 6.04 Å². The Labute approximate surface area is 185 Å². The fourth-order valence-corrected chi connectivity index (χ4v) is 5.05. The van der Waals surface area contributed by atoms with Crippen molar-refractivity contribution in [1.82, 2.24) is 19.8 Å². The van der Waals surface area contributed by atoms with Crippen LogP contribution in [-0.2, 0) is 26.2 Å². The van der Waals surface area contributed by atoms with Gasteiger partial charge in [-0.3, -0.25) is 9.59 Å². The van der Waals surface area contributed by atoms with E-state index in [0.29, 0.717) is 10.1 Å². The number of nitrogens with one attached hydrogen (secondary N) is 1. The summed E-state index contributed by atoms with van der Waals surface area (Å²) in [5, 5.41) is 6.51. The lowest BCUT2D eigenvalue weighted by molar-refractivity contribution is -0.130. The van der Waals surface area contributed by atoms with Gasteiger partial charge in [0.05, 0.1) is 11.4 Å². The molecule has 0 spiro atoms. The summed E-state index contributed by atoms with van der Waals surface area (Å²) in [5.74, 6) is -0.646. The Morgan fingerprint density at radius 1 is 1.09 bits per heavy atom. The molecule has 0 saturated carbocycles. The summed E-state index contributed by atoms with van der Waals surface area (Å²) in [6.07, 6.45) is 0.0789. The van der Waals surface area contributed by atoms with Crippen molar-refractivity contribution >= 4 is 21.8 Å². The summed E-state index contributed by atoms with van der Waals surface area (Å²) in [6, 6.07) is 12.6. The second-order valence-electron chi connectivity index (χ2n) is 7.66. The lowest BCUT2D eigenvalue weighted by atomic mass is 10.1. The summed E-state index contributed by atoms with van der Waals surface area (Å²) in [5.41, 5.74) is 2.75. The van der Waals surface area contributed by atoms with Crippen molar-refractivity contribution in [2.75, 3.05) is 0 Å². The van der Waals surface area contributed by atoms with E-state index < -0.39 is 27.9 Å². The molecule has 0 aliphatic carbocycles. The first-order valence-corrected chi connectivity index (χ1v) is 11.5. The van der Waals surface area contributed by atoms with Crippen LogP contribution in [0.1, 0.15) is 29.9 Å². The number of rotatable bonds is 6. The summed E-state index contributed by atoms with van der Waals surface area (Å²) < 4.78 is 31.9. The Kier molecular flexibility index (Phi) is 5.79. The molecule has 166 valence electrons. The molecule has 1 atom stereocenters. The van der Waals surface area contributed by atoms with E-state index >= 15 is 0 Å². The van der Waals surface area contributed by atoms with Gasteiger partial charge in [-0.25, -0.2) is 12.7 Å². The summed E-state index contributed by atoms with van der Waals surface area (Å²) >= 11 is 0. The number of hydrogen-bond donors (Lipinski definition) is 1. The van der Waals surface area contributed by atoms with E-state index in [1.165, 1.54) is 12.1 Å². The molecule has 0 bridgehead atoms. The van der Waals surface area contributed by atoms with E-state index in [1.807, 2.05) is 38.1 Å². The van der Waals surface area contributed by atoms with Gasteiger partial charge >= 0.3 is 0 Å². The Hall–Kier alpha value is -3.53. The Balaban J connectivity index is 1.46. The molecule has 32 heavy (non-hydrogen) atoms. The van der Waals surface area contributed by atoms with E-state index in [-0.39, 0.29) is 30.2 Å². The lowest BCUT2D eigenvalue weighted by Crippen LogP contribution is -2.47. The highest BCUT2D eigenvalue weighted by Crippen LogP contribution is 2.27. The van der Waals surface area contributed by atoms with Crippen molar-refractivity contribution in [3.8, 4) is 11.4 Å². The van der Waals surface area contributed by atoms with Gasteiger partial charge in [-0.1, -0.05) is 52.7 Å². The molecule has 1 aromatic heterocycles. The highest BCUT2D eigenvalue weighted by molar-refractivity contribution is 7.89. The SMILES string of the molecule is Cc1ccc(-c2noc(CNC(=O)[C@H]3CCC(=O)N3S(=O)(=O)c3ccc(C)cc3)n2)cc1. The molecule has 1 aliphatic rings. The molecule has 10 heteroatoms. The zero-order valence-corrected chi connectivity index (χ0v) is 18.4. The number of benzene rings is 2. The maximum absolute atomic E-state index is 13.0. The maximum atomic E-state index is 13.0. The van der Waals surface area contributed by atoms with Crippen LogP contribution in [-0.4, -0.2) is 40.7 Å². The number of carbonyl (C=O) groups excluding carboxylic acids is 2. The average Bonchev–Trinajstić information content (AvgIpc) is 3.40. The predicted octanol–water partition coefficient (Wildman–Crippen LogP) is 2.35. The van der Waals surface area contributed by atoms with Crippen molar-refractivity contribution in [2.45, 2.75) is 44.2 Å². The van der Waals surface area contributed by atoms with E-state index in [0.717, 1.165) is 16.7 Å². The number of aryl methyl sites for hydroxylation is 2. The fourth-order valence-electron chi connectivity index (χ4n) is 3.45. The van der Waals surface area contributed by atoms with Gasteiger partial charge in [0.25, 0.3) is 10.0 Å². The predicted molar refractivity (Wildman–Crippen MR) is 115 cm³/mol. The molecule has 1 N–H and O–H groups in total. The fraction of sp³-hybridized carbons (Fsp3) is 0.273. The van der Waals surface area contributed by atoms with Gasteiger partial charge < -0.3 is 9.84 Å². The highest BCUT2D eigenvalue weighted by Gasteiger charge is 2.44. The van der Waals surface area contributed by atoms with Crippen molar-refractivity contribution in [3.63, 3.8) is 0 Å².